The largest absolute Gasteiger partial charge is 0.369 e. The first-order valence-corrected chi connectivity index (χ1v) is 8.44. The Morgan fingerprint density at radius 2 is 2.04 bits per heavy atom. The monoisotopic (exact) mass is 324 g/mol. The fourth-order valence-electron chi connectivity index (χ4n) is 3.62. The maximum atomic E-state index is 11.2. The molecular weight excluding hydrogens is 300 g/mol. The molecular formula is C19H24N4O. The molecule has 1 aliphatic rings. The van der Waals surface area contributed by atoms with Crippen molar-refractivity contribution in [2.75, 3.05) is 7.05 Å². The van der Waals surface area contributed by atoms with Gasteiger partial charge in [0.1, 0.15) is 0 Å². The zero-order chi connectivity index (χ0) is 17.1. The summed E-state index contributed by atoms with van der Waals surface area (Å²) in [4.78, 5) is 22.8. The second-order valence-corrected chi connectivity index (χ2v) is 6.53. The van der Waals surface area contributed by atoms with Crippen LogP contribution < -0.4 is 5.73 Å². The number of pyridine rings is 2. The molecule has 0 bridgehead atoms. The quantitative estimate of drug-likeness (QED) is 0.938. The Balaban J connectivity index is 1.86. The third kappa shape index (κ3) is 3.46. The molecule has 3 rings (SSSR count). The molecule has 1 fully saturated rings. The van der Waals surface area contributed by atoms with E-state index in [0.717, 1.165) is 36.3 Å². The molecule has 5 heteroatoms. The number of aromatic nitrogens is 2. The third-order valence-electron chi connectivity index (χ3n) is 4.83. The van der Waals surface area contributed by atoms with Gasteiger partial charge in [0.05, 0.1) is 35.6 Å². The van der Waals surface area contributed by atoms with Gasteiger partial charge in [0.2, 0.25) is 5.91 Å². The lowest BCUT2D eigenvalue weighted by molar-refractivity contribution is -0.117. The standard InChI is InChI=1S/C19H24N4O/c1-13-6-5-11-21-19(13)17-10-4-9-16(23(17)2)15-8-3-7-14(22-15)12-18(20)24/h3,5-8,11,16-17H,4,9-10,12H2,1-2H3,(H2,20,24). The molecule has 24 heavy (non-hydrogen) atoms. The Bertz CT molecular complexity index is 731. The molecule has 2 atom stereocenters. The fourth-order valence-corrected chi connectivity index (χ4v) is 3.62. The fraction of sp³-hybridized carbons (Fsp3) is 0.421. The lowest BCUT2D eigenvalue weighted by Gasteiger charge is -2.39. The van der Waals surface area contributed by atoms with Crippen LogP contribution in [0.5, 0.6) is 0 Å². The summed E-state index contributed by atoms with van der Waals surface area (Å²) in [5.41, 5.74) is 9.42. The van der Waals surface area contributed by atoms with Crippen molar-refractivity contribution in [3.05, 3.63) is 59.2 Å². The lowest BCUT2D eigenvalue weighted by Crippen LogP contribution is -2.34. The minimum atomic E-state index is -0.348. The van der Waals surface area contributed by atoms with Crippen LogP contribution in [0, 0.1) is 6.92 Å². The van der Waals surface area contributed by atoms with E-state index in [2.05, 4.69) is 34.9 Å². The lowest BCUT2D eigenvalue weighted by atomic mass is 9.90. The van der Waals surface area contributed by atoms with Gasteiger partial charge in [0.25, 0.3) is 0 Å². The Morgan fingerprint density at radius 3 is 2.79 bits per heavy atom. The van der Waals surface area contributed by atoms with Gasteiger partial charge in [0.15, 0.2) is 0 Å². The Labute approximate surface area is 142 Å². The first-order chi connectivity index (χ1) is 11.6. The number of carbonyl (C=O) groups is 1. The number of carbonyl (C=O) groups excluding carboxylic acids is 1. The van der Waals surface area contributed by atoms with Crippen LogP contribution in [-0.2, 0) is 11.2 Å². The Hall–Kier alpha value is -2.27. The first kappa shape index (κ1) is 16.6. The van der Waals surface area contributed by atoms with Gasteiger partial charge in [-0.15, -0.1) is 0 Å². The van der Waals surface area contributed by atoms with Crippen LogP contribution in [0.2, 0.25) is 0 Å². The molecule has 2 aromatic heterocycles. The number of piperidine rings is 1. The molecule has 0 radical (unpaired) electrons. The number of hydrogen-bond acceptors (Lipinski definition) is 4. The van der Waals surface area contributed by atoms with Gasteiger partial charge in [0, 0.05) is 6.20 Å². The second kappa shape index (κ2) is 7.09. The maximum Gasteiger partial charge on any atom is 0.223 e. The van der Waals surface area contributed by atoms with Crippen molar-refractivity contribution < 1.29 is 4.79 Å². The molecule has 2 aromatic rings. The van der Waals surface area contributed by atoms with Crippen molar-refractivity contribution in [1.82, 2.24) is 14.9 Å². The average Bonchev–Trinajstić information content (AvgIpc) is 2.55. The van der Waals surface area contributed by atoms with Crippen molar-refractivity contribution in [1.29, 1.82) is 0 Å². The second-order valence-electron chi connectivity index (χ2n) is 6.53. The molecule has 2 N–H and O–H groups in total. The van der Waals surface area contributed by atoms with E-state index < -0.39 is 0 Å². The molecule has 0 aromatic carbocycles. The van der Waals surface area contributed by atoms with Crippen molar-refractivity contribution in [3.63, 3.8) is 0 Å². The molecule has 1 amide bonds. The van der Waals surface area contributed by atoms with Crippen molar-refractivity contribution >= 4 is 5.91 Å². The van der Waals surface area contributed by atoms with E-state index in [9.17, 15) is 4.79 Å². The van der Waals surface area contributed by atoms with E-state index in [4.69, 9.17) is 5.73 Å². The molecule has 1 aliphatic heterocycles. The SMILES string of the molecule is Cc1cccnc1C1CCCC(c2cccc(CC(N)=O)n2)N1C. The number of nitrogens with zero attached hydrogens (tertiary/aromatic N) is 3. The topological polar surface area (TPSA) is 72.1 Å². The van der Waals surface area contributed by atoms with Crippen molar-refractivity contribution in [2.24, 2.45) is 5.73 Å². The average molecular weight is 324 g/mol. The highest BCUT2D eigenvalue weighted by molar-refractivity contribution is 5.76. The van der Waals surface area contributed by atoms with Crippen LogP contribution in [0.25, 0.3) is 0 Å². The highest BCUT2D eigenvalue weighted by Gasteiger charge is 2.31. The highest BCUT2D eigenvalue weighted by Crippen LogP contribution is 2.39. The number of likely N-dealkylation sites (tertiary alicyclic amines) is 1. The summed E-state index contributed by atoms with van der Waals surface area (Å²) in [7, 11) is 2.14. The molecule has 3 heterocycles. The van der Waals surface area contributed by atoms with E-state index in [0.29, 0.717) is 6.04 Å². The normalized spacial score (nSPS) is 21.6. The summed E-state index contributed by atoms with van der Waals surface area (Å²) in [5, 5.41) is 0. The molecule has 5 nitrogen and oxygen atoms in total. The number of aryl methyl sites for hydroxylation is 1. The predicted molar refractivity (Wildman–Crippen MR) is 93.2 cm³/mol. The molecule has 0 saturated carbocycles. The van der Waals surface area contributed by atoms with Gasteiger partial charge in [-0.3, -0.25) is 19.7 Å². The van der Waals surface area contributed by atoms with Crippen molar-refractivity contribution in [3.8, 4) is 0 Å². The van der Waals surface area contributed by atoms with Crippen LogP contribution in [0.1, 0.15) is 54.0 Å². The van der Waals surface area contributed by atoms with Gasteiger partial charge < -0.3 is 5.73 Å². The highest BCUT2D eigenvalue weighted by atomic mass is 16.1. The third-order valence-corrected chi connectivity index (χ3v) is 4.83. The van der Waals surface area contributed by atoms with Crippen LogP contribution in [0.4, 0.5) is 0 Å². The van der Waals surface area contributed by atoms with E-state index in [1.807, 2.05) is 30.5 Å². The molecule has 126 valence electrons. The van der Waals surface area contributed by atoms with Gasteiger partial charge >= 0.3 is 0 Å². The van der Waals surface area contributed by atoms with Crippen molar-refractivity contribution in [2.45, 2.75) is 44.7 Å². The zero-order valence-electron chi connectivity index (χ0n) is 14.3. The summed E-state index contributed by atoms with van der Waals surface area (Å²) in [6.45, 7) is 2.12. The van der Waals surface area contributed by atoms with Gasteiger partial charge in [-0.1, -0.05) is 12.1 Å². The minimum absolute atomic E-state index is 0.188. The molecule has 0 aliphatic carbocycles. The summed E-state index contributed by atoms with van der Waals surface area (Å²) in [6.07, 6.45) is 5.35. The van der Waals surface area contributed by atoms with Gasteiger partial charge in [-0.05, 0) is 57.0 Å². The molecule has 1 saturated heterocycles. The summed E-state index contributed by atoms with van der Waals surface area (Å²) in [5.74, 6) is -0.348. The van der Waals surface area contributed by atoms with E-state index in [1.165, 1.54) is 5.56 Å². The predicted octanol–water partition coefficient (Wildman–Crippen LogP) is 2.71. The number of primary amides is 1. The summed E-state index contributed by atoms with van der Waals surface area (Å²) < 4.78 is 0. The number of rotatable bonds is 4. The summed E-state index contributed by atoms with van der Waals surface area (Å²) in [6, 6.07) is 10.5. The number of hydrogen-bond donors (Lipinski definition) is 1. The summed E-state index contributed by atoms with van der Waals surface area (Å²) >= 11 is 0. The minimum Gasteiger partial charge on any atom is -0.369 e. The number of amides is 1. The number of nitrogens with two attached hydrogens (primary N) is 1. The van der Waals surface area contributed by atoms with Crippen LogP contribution >= 0.6 is 0 Å². The Kier molecular flexibility index (Phi) is 4.90. The first-order valence-electron chi connectivity index (χ1n) is 8.44. The van der Waals surface area contributed by atoms with Crippen LogP contribution in [0.15, 0.2) is 36.5 Å². The van der Waals surface area contributed by atoms with E-state index in [-0.39, 0.29) is 18.4 Å². The smallest absolute Gasteiger partial charge is 0.223 e. The maximum absolute atomic E-state index is 11.2. The van der Waals surface area contributed by atoms with E-state index in [1.54, 1.807) is 0 Å². The van der Waals surface area contributed by atoms with Crippen LogP contribution in [-0.4, -0.2) is 27.8 Å². The zero-order valence-corrected chi connectivity index (χ0v) is 14.3. The van der Waals surface area contributed by atoms with Gasteiger partial charge in [-0.2, -0.15) is 0 Å². The van der Waals surface area contributed by atoms with Gasteiger partial charge in [-0.25, -0.2) is 0 Å². The van der Waals surface area contributed by atoms with Crippen LogP contribution in [0.3, 0.4) is 0 Å². The van der Waals surface area contributed by atoms with E-state index >= 15 is 0 Å². The molecule has 0 spiro atoms. The molecule has 2 unspecified atom stereocenters. The Morgan fingerprint density at radius 1 is 1.25 bits per heavy atom.